The van der Waals surface area contributed by atoms with Gasteiger partial charge in [0.1, 0.15) is 11.6 Å². The zero-order chi connectivity index (χ0) is 13.3. The molecule has 0 aliphatic carbocycles. The number of hydrogen-bond donors (Lipinski definition) is 2. The monoisotopic (exact) mass is 272 g/mol. The molecule has 1 aromatic carbocycles. The molecule has 2 rings (SSSR count). The number of hydrazine groups is 1. The molecule has 0 aliphatic heterocycles. The largest absolute Gasteiger partial charge is 0.275 e. The molecule has 0 spiro atoms. The van der Waals surface area contributed by atoms with Crippen molar-refractivity contribution in [2.24, 2.45) is 12.9 Å². The van der Waals surface area contributed by atoms with E-state index in [2.05, 4.69) is 10.5 Å². The van der Waals surface area contributed by atoms with E-state index in [1.807, 2.05) is 0 Å². The smallest absolute Gasteiger partial charge is 0.142 e. The van der Waals surface area contributed by atoms with Crippen LogP contribution in [0.1, 0.15) is 17.2 Å². The highest BCUT2D eigenvalue weighted by molar-refractivity contribution is 6.30. The summed E-state index contributed by atoms with van der Waals surface area (Å²) in [6, 6.07) is 1.26. The van der Waals surface area contributed by atoms with Crippen molar-refractivity contribution < 1.29 is 8.78 Å². The molecular formula is C11H11ClF2N4. The van der Waals surface area contributed by atoms with Crippen LogP contribution in [0.5, 0.6) is 0 Å². The third-order valence-electron chi connectivity index (χ3n) is 2.58. The summed E-state index contributed by atoms with van der Waals surface area (Å²) in [5.74, 6) is 4.07. The second kappa shape index (κ2) is 5.01. The Balaban J connectivity index is 2.48. The number of nitrogens with zero attached hydrogens (tertiary/aromatic N) is 2. The Kier molecular flexibility index (Phi) is 3.60. The van der Waals surface area contributed by atoms with E-state index in [1.165, 1.54) is 6.20 Å². The molecule has 96 valence electrons. The van der Waals surface area contributed by atoms with Gasteiger partial charge in [0.05, 0.1) is 17.3 Å². The topological polar surface area (TPSA) is 55.9 Å². The van der Waals surface area contributed by atoms with Crippen molar-refractivity contribution in [3.63, 3.8) is 0 Å². The Hall–Kier alpha value is -1.50. The van der Waals surface area contributed by atoms with Crippen LogP contribution in [0.25, 0.3) is 0 Å². The molecule has 1 atom stereocenters. The first-order chi connectivity index (χ1) is 8.52. The lowest BCUT2D eigenvalue weighted by atomic mass is 10.0. The first-order valence-electron chi connectivity index (χ1n) is 5.12. The van der Waals surface area contributed by atoms with Crippen molar-refractivity contribution in [1.82, 2.24) is 15.2 Å². The van der Waals surface area contributed by atoms with Gasteiger partial charge in [0.15, 0.2) is 0 Å². The molecule has 0 radical (unpaired) electrons. The molecule has 1 unspecified atom stereocenters. The molecule has 1 heterocycles. The molecule has 0 aliphatic rings. The average Bonchev–Trinajstić information content (AvgIpc) is 2.73. The molecule has 7 heteroatoms. The van der Waals surface area contributed by atoms with Gasteiger partial charge in [0.2, 0.25) is 0 Å². The highest BCUT2D eigenvalue weighted by Crippen LogP contribution is 2.27. The quantitative estimate of drug-likeness (QED) is 0.510. The zero-order valence-corrected chi connectivity index (χ0v) is 10.2. The summed E-state index contributed by atoms with van der Waals surface area (Å²) in [6.07, 6.45) is 3.19. The molecule has 0 saturated heterocycles. The summed E-state index contributed by atoms with van der Waals surface area (Å²) in [5.41, 5.74) is 3.13. The fraction of sp³-hybridized carbons (Fsp3) is 0.182. The van der Waals surface area contributed by atoms with Crippen molar-refractivity contribution in [3.8, 4) is 0 Å². The molecule has 0 fully saturated rings. The van der Waals surface area contributed by atoms with Crippen LogP contribution in [0, 0.1) is 11.6 Å². The van der Waals surface area contributed by atoms with Gasteiger partial charge in [-0.2, -0.15) is 5.10 Å². The lowest BCUT2D eigenvalue weighted by molar-refractivity contribution is 0.545. The maximum Gasteiger partial charge on any atom is 0.142 e. The number of rotatable bonds is 3. The summed E-state index contributed by atoms with van der Waals surface area (Å²) >= 11 is 5.50. The molecule has 18 heavy (non-hydrogen) atoms. The number of hydrogen-bond acceptors (Lipinski definition) is 3. The van der Waals surface area contributed by atoms with Gasteiger partial charge >= 0.3 is 0 Å². The van der Waals surface area contributed by atoms with E-state index in [4.69, 9.17) is 17.4 Å². The van der Waals surface area contributed by atoms with Crippen molar-refractivity contribution >= 4 is 11.6 Å². The van der Waals surface area contributed by atoms with Gasteiger partial charge in [-0.15, -0.1) is 0 Å². The molecule has 1 aromatic heterocycles. The van der Waals surface area contributed by atoms with E-state index in [0.717, 1.165) is 12.1 Å². The van der Waals surface area contributed by atoms with E-state index in [1.54, 1.807) is 17.9 Å². The van der Waals surface area contributed by atoms with E-state index in [0.29, 0.717) is 5.56 Å². The number of nitrogens with two attached hydrogens (primary N) is 1. The molecular weight excluding hydrogens is 262 g/mol. The maximum atomic E-state index is 13.8. The zero-order valence-electron chi connectivity index (χ0n) is 9.49. The SMILES string of the molecule is Cn1cc(C(NN)c2cc(F)c(Cl)cc2F)cn1. The summed E-state index contributed by atoms with van der Waals surface area (Å²) in [7, 11) is 1.72. The van der Waals surface area contributed by atoms with Gasteiger partial charge in [0.25, 0.3) is 0 Å². The average molecular weight is 273 g/mol. The predicted molar refractivity (Wildman–Crippen MR) is 63.7 cm³/mol. The molecule has 2 aromatic rings. The molecule has 3 N–H and O–H groups in total. The first-order valence-corrected chi connectivity index (χ1v) is 5.50. The fourth-order valence-electron chi connectivity index (χ4n) is 1.71. The third-order valence-corrected chi connectivity index (χ3v) is 2.87. The van der Waals surface area contributed by atoms with Gasteiger partial charge in [-0.1, -0.05) is 11.6 Å². The van der Waals surface area contributed by atoms with E-state index in [9.17, 15) is 8.78 Å². The van der Waals surface area contributed by atoms with Gasteiger partial charge in [-0.05, 0) is 12.1 Å². The molecule has 4 nitrogen and oxygen atoms in total. The third kappa shape index (κ3) is 2.35. The fourth-order valence-corrected chi connectivity index (χ4v) is 1.86. The van der Waals surface area contributed by atoms with Crippen LogP contribution in [0.2, 0.25) is 5.02 Å². The molecule has 0 saturated carbocycles. The van der Waals surface area contributed by atoms with Crippen molar-refractivity contribution in [1.29, 1.82) is 0 Å². The van der Waals surface area contributed by atoms with Crippen molar-refractivity contribution in [2.45, 2.75) is 6.04 Å². The maximum absolute atomic E-state index is 13.8. The van der Waals surface area contributed by atoms with E-state index < -0.39 is 17.7 Å². The summed E-state index contributed by atoms with van der Waals surface area (Å²) in [5, 5.41) is 3.69. The summed E-state index contributed by atoms with van der Waals surface area (Å²) in [4.78, 5) is 0. The number of benzene rings is 1. The van der Waals surface area contributed by atoms with Crippen molar-refractivity contribution in [3.05, 3.63) is 52.3 Å². The Morgan fingerprint density at radius 1 is 1.39 bits per heavy atom. The van der Waals surface area contributed by atoms with Gasteiger partial charge < -0.3 is 0 Å². The Bertz CT molecular complexity index is 570. The number of nitrogens with one attached hydrogen (secondary N) is 1. The van der Waals surface area contributed by atoms with Crippen LogP contribution in [-0.4, -0.2) is 9.78 Å². The molecule has 0 bridgehead atoms. The lowest BCUT2D eigenvalue weighted by Crippen LogP contribution is -2.29. The summed E-state index contributed by atoms with van der Waals surface area (Å²) < 4.78 is 28.7. The van der Waals surface area contributed by atoms with Crippen LogP contribution in [0.15, 0.2) is 24.5 Å². The highest BCUT2D eigenvalue weighted by Gasteiger charge is 2.20. The van der Waals surface area contributed by atoms with E-state index in [-0.39, 0.29) is 10.6 Å². The minimum atomic E-state index is -0.697. The van der Waals surface area contributed by atoms with Crippen LogP contribution < -0.4 is 11.3 Å². The minimum Gasteiger partial charge on any atom is -0.275 e. The van der Waals surface area contributed by atoms with Gasteiger partial charge in [0, 0.05) is 24.4 Å². The van der Waals surface area contributed by atoms with E-state index >= 15 is 0 Å². The summed E-state index contributed by atoms with van der Waals surface area (Å²) in [6.45, 7) is 0. The standard InChI is InChI=1S/C11H11ClF2N4/c1-18-5-6(4-16-18)11(17-15)7-2-10(14)8(12)3-9(7)13/h2-5,11,17H,15H2,1H3. The Labute approximate surface area is 107 Å². The van der Waals surface area contributed by atoms with Crippen LogP contribution >= 0.6 is 11.6 Å². The predicted octanol–water partition coefficient (Wildman–Crippen LogP) is 1.90. The Morgan fingerprint density at radius 3 is 2.67 bits per heavy atom. The number of aromatic nitrogens is 2. The normalized spacial score (nSPS) is 12.7. The van der Waals surface area contributed by atoms with Crippen molar-refractivity contribution in [2.75, 3.05) is 0 Å². The van der Waals surface area contributed by atoms with Gasteiger partial charge in [-0.3, -0.25) is 10.5 Å². The minimum absolute atomic E-state index is 0.0763. The number of halogens is 3. The highest BCUT2D eigenvalue weighted by atomic mass is 35.5. The lowest BCUT2D eigenvalue weighted by Gasteiger charge is -2.15. The second-order valence-electron chi connectivity index (χ2n) is 3.83. The Morgan fingerprint density at radius 2 is 2.11 bits per heavy atom. The number of aryl methyl sites for hydroxylation is 1. The second-order valence-corrected chi connectivity index (χ2v) is 4.24. The molecule has 0 amide bonds. The van der Waals surface area contributed by atoms with Crippen LogP contribution in [-0.2, 0) is 7.05 Å². The van der Waals surface area contributed by atoms with Crippen LogP contribution in [0.4, 0.5) is 8.78 Å². The first kappa shape index (κ1) is 12.9. The van der Waals surface area contributed by atoms with Gasteiger partial charge in [-0.25, -0.2) is 14.2 Å². The van der Waals surface area contributed by atoms with Crippen LogP contribution in [0.3, 0.4) is 0 Å².